The monoisotopic (exact) mass is 302 g/mol. The molecule has 2 aromatic heterocycles. The molecular weight excluding hydrogens is 288 g/mol. The highest BCUT2D eigenvalue weighted by Crippen LogP contribution is 2.22. The maximum Gasteiger partial charge on any atom is 0.193 e. The minimum Gasteiger partial charge on any atom is -0.298 e. The van der Waals surface area contributed by atoms with Gasteiger partial charge in [-0.25, -0.2) is 4.98 Å². The second-order valence-electron chi connectivity index (χ2n) is 4.59. The van der Waals surface area contributed by atoms with Crippen molar-refractivity contribution in [3.63, 3.8) is 0 Å². The highest BCUT2D eigenvalue weighted by atomic mass is 32.2. The molecule has 0 saturated heterocycles. The van der Waals surface area contributed by atoms with Gasteiger partial charge >= 0.3 is 0 Å². The second-order valence-corrected chi connectivity index (χ2v) is 6.48. The van der Waals surface area contributed by atoms with Crippen molar-refractivity contribution in [2.45, 2.75) is 18.2 Å². The summed E-state index contributed by atoms with van der Waals surface area (Å²) in [5, 5.41) is 1.99. The van der Waals surface area contributed by atoms with E-state index < -0.39 is 0 Å². The fourth-order valence-corrected chi connectivity index (χ4v) is 3.60. The van der Waals surface area contributed by atoms with E-state index in [1.165, 1.54) is 10.5 Å². The van der Waals surface area contributed by atoms with Gasteiger partial charge in [0, 0.05) is 22.7 Å². The van der Waals surface area contributed by atoms with Crippen LogP contribution in [-0.2, 0) is 11.2 Å². The SMILES string of the molecule is Cc1ccccc1SCC(=O)Cc1cn2ccsc2n1. The molecule has 2 heterocycles. The van der Waals surface area contributed by atoms with Gasteiger partial charge in [-0.15, -0.1) is 23.1 Å². The van der Waals surface area contributed by atoms with Crippen molar-refractivity contribution < 1.29 is 4.79 Å². The smallest absolute Gasteiger partial charge is 0.193 e. The van der Waals surface area contributed by atoms with Crippen LogP contribution < -0.4 is 0 Å². The number of ketones is 1. The van der Waals surface area contributed by atoms with Crippen molar-refractivity contribution in [2.75, 3.05) is 5.75 Å². The lowest BCUT2D eigenvalue weighted by atomic mass is 10.2. The van der Waals surface area contributed by atoms with E-state index in [0.29, 0.717) is 12.2 Å². The summed E-state index contributed by atoms with van der Waals surface area (Å²) < 4.78 is 1.96. The van der Waals surface area contributed by atoms with Crippen molar-refractivity contribution in [3.05, 3.63) is 53.3 Å². The fourth-order valence-electron chi connectivity index (χ4n) is 1.99. The van der Waals surface area contributed by atoms with E-state index in [1.54, 1.807) is 23.1 Å². The van der Waals surface area contributed by atoms with Gasteiger partial charge < -0.3 is 0 Å². The zero-order chi connectivity index (χ0) is 13.9. The molecule has 0 aliphatic carbocycles. The molecule has 0 atom stereocenters. The van der Waals surface area contributed by atoms with Crippen LogP contribution in [0.3, 0.4) is 0 Å². The molecule has 3 rings (SSSR count). The molecule has 0 amide bonds. The Morgan fingerprint density at radius 2 is 2.25 bits per heavy atom. The highest BCUT2D eigenvalue weighted by Gasteiger charge is 2.09. The summed E-state index contributed by atoms with van der Waals surface area (Å²) in [4.78, 5) is 18.6. The van der Waals surface area contributed by atoms with E-state index in [-0.39, 0.29) is 5.78 Å². The van der Waals surface area contributed by atoms with Crippen LogP contribution in [-0.4, -0.2) is 20.9 Å². The van der Waals surface area contributed by atoms with E-state index >= 15 is 0 Å². The quantitative estimate of drug-likeness (QED) is 0.675. The maximum absolute atomic E-state index is 12.0. The maximum atomic E-state index is 12.0. The molecule has 0 saturated carbocycles. The molecule has 102 valence electrons. The van der Waals surface area contributed by atoms with Crippen LogP contribution in [0.1, 0.15) is 11.3 Å². The van der Waals surface area contributed by atoms with Gasteiger partial charge in [-0.2, -0.15) is 0 Å². The lowest BCUT2D eigenvalue weighted by Crippen LogP contribution is -2.06. The molecule has 3 nitrogen and oxygen atoms in total. The average molecular weight is 302 g/mol. The van der Waals surface area contributed by atoms with E-state index in [4.69, 9.17) is 0 Å². The molecule has 1 aromatic carbocycles. The number of imidazole rings is 1. The largest absolute Gasteiger partial charge is 0.298 e. The minimum absolute atomic E-state index is 0.212. The Hall–Kier alpha value is -1.59. The Morgan fingerprint density at radius 3 is 3.05 bits per heavy atom. The van der Waals surface area contributed by atoms with Crippen molar-refractivity contribution in [1.82, 2.24) is 9.38 Å². The third-order valence-electron chi connectivity index (χ3n) is 3.00. The van der Waals surface area contributed by atoms with Gasteiger partial charge in [0.15, 0.2) is 4.96 Å². The summed E-state index contributed by atoms with van der Waals surface area (Å²) in [5.74, 6) is 0.708. The molecular formula is C15H14N2OS2. The molecule has 0 fully saturated rings. The van der Waals surface area contributed by atoms with Crippen LogP contribution in [0.4, 0.5) is 0 Å². The van der Waals surface area contributed by atoms with E-state index in [0.717, 1.165) is 10.7 Å². The van der Waals surface area contributed by atoms with Crippen LogP contribution >= 0.6 is 23.1 Å². The zero-order valence-corrected chi connectivity index (χ0v) is 12.7. The predicted molar refractivity (Wildman–Crippen MR) is 83.7 cm³/mol. The van der Waals surface area contributed by atoms with Gasteiger partial charge in [-0.3, -0.25) is 9.20 Å². The zero-order valence-electron chi connectivity index (χ0n) is 11.1. The van der Waals surface area contributed by atoms with Crippen molar-refractivity contribution in [1.29, 1.82) is 0 Å². The van der Waals surface area contributed by atoms with Gasteiger partial charge in [-0.1, -0.05) is 18.2 Å². The van der Waals surface area contributed by atoms with E-state index in [9.17, 15) is 4.79 Å². The Morgan fingerprint density at radius 1 is 1.40 bits per heavy atom. The standard InChI is InChI=1S/C15H14N2OS2/c1-11-4-2-3-5-14(11)20-10-13(18)8-12-9-17-6-7-19-15(17)16-12/h2-7,9H,8,10H2,1H3. The summed E-state index contributed by atoms with van der Waals surface area (Å²) in [6.45, 7) is 2.07. The molecule has 0 N–H and O–H groups in total. The Balaban J connectivity index is 1.60. The number of fused-ring (bicyclic) bond motifs is 1. The number of thiazole rings is 1. The number of Topliss-reactive ketones (excluding diaryl/α,β-unsaturated/α-hetero) is 1. The minimum atomic E-state index is 0.212. The second kappa shape index (κ2) is 5.81. The summed E-state index contributed by atoms with van der Waals surface area (Å²) in [7, 11) is 0. The first-order valence-electron chi connectivity index (χ1n) is 6.33. The number of rotatable bonds is 5. The first-order chi connectivity index (χ1) is 9.72. The molecule has 0 unspecified atom stereocenters. The predicted octanol–water partition coefficient (Wildman–Crippen LogP) is 3.61. The van der Waals surface area contributed by atoms with Crippen LogP contribution in [0, 0.1) is 6.92 Å². The molecule has 0 radical (unpaired) electrons. The summed E-state index contributed by atoms with van der Waals surface area (Å²) in [5.41, 5.74) is 2.07. The summed E-state index contributed by atoms with van der Waals surface area (Å²) in [6, 6.07) is 8.14. The number of nitrogens with zero attached hydrogens (tertiary/aromatic N) is 2. The average Bonchev–Trinajstić information content (AvgIpc) is 2.98. The van der Waals surface area contributed by atoms with Gasteiger partial charge in [0.1, 0.15) is 5.78 Å². The Kier molecular flexibility index (Phi) is 3.89. The number of aryl methyl sites for hydroxylation is 1. The van der Waals surface area contributed by atoms with Crippen LogP contribution in [0.15, 0.2) is 46.9 Å². The first-order valence-corrected chi connectivity index (χ1v) is 8.20. The lowest BCUT2D eigenvalue weighted by molar-refractivity contribution is -0.116. The number of carbonyl (C=O) groups is 1. The van der Waals surface area contributed by atoms with Gasteiger partial charge in [0.05, 0.1) is 17.9 Å². The van der Waals surface area contributed by atoms with E-state index in [1.807, 2.05) is 34.3 Å². The number of hydrogen-bond acceptors (Lipinski definition) is 4. The lowest BCUT2D eigenvalue weighted by Gasteiger charge is -2.03. The van der Waals surface area contributed by atoms with Crippen molar-refractivity contribution in [2.24, 2.45) is 0 Å². The molecule has 20 heavy (non-hydrogen) atoms. The highest BCUT2D eigenvalue weighted by molar-refractivity contribution is 8.00. The molecule has 5 heteroatoms. The number of aromatic nitrogens is 2. The summed E-state index contributed by atoms with van der Waals surface area (Å²) in [6.07, 6.45) is 4.30. The summed E-state index contributed by atoms with van der Waals surface area (Å²) >= 11 is 3.18. The van der Waals surface area contributed by atoms with E-state index in [2.05, 4.69) is 24.0 Å². The molecule has 0 aliphatic rings. The number of carbonyl (C=O) groups excluding carboxylic acids is 1. The van der Waals surface area contributed by atoms with Crippen molar-refractivity contribution >= 4 is 33.8 Å². The van der Waals surface area contributed by atoms with Gasteiger partial charge in [-0.05, 0) is 18.6 Å². The van der Waals surface area contributed by atoms with Crippen molar-refractivity contribution in [3.8, 4) is 0 Å². The van der Waals surface area contributed by atoms with Gasteiger partial charge in [0.2, 0.25) is 0 Å². The van der Waals surface area contributed by atoms with Crippen LogP contribution in [0.25, 0.3) is 4.96 Å². The third kappa shape index (κ3) is 2.94. The van der Waals surface area contributed by atoms with Gasteiger partial charge in [0.25, 0.3) is 0 Å². The van der Waals surface area contributed by atoms with Crippen LogP contribution in [0.5, 0.6) is 0 Å². The number of benzene rings is 1. The Labute approximate surface area is 125 Å². The third-order valence-corrected chi connectivity index (χ3v) is 5.01. The normalized spacial score (nSPS) is 11.1. The number of thioether (sulfide) groups is 1. The number of hydrogen-bond donors (Lipinski definition) is 0. The fraction of sp³-hybridized carbons (Fsp3) is 0.200. The molecule has 0 aliphatic heterocycles. The first kappa shape index (κ1) is 13.4. The van der Waals surface area contributed by atoms with Crippen LogP contribution in [0.2, 0.25) is 0 Å². The molecule has 0 bridgehead atoms. The Bertz CT molecular complexity index is 717. The molecule has 3 aromatic rings. The molecule has 0 spiro atoms. The topological polar surface area (TPSA) is 34.4 Å².